The van der Waals surface area contributed by atoms with Gasteiger partial charge in [-0.25, -0.2) is 23.1 Å². The van der Waals surface area contributed by atoms with E-state index in [9.17, 15) is 8.42 Å². The zero-order valence-corrected chi connectivity index (χ0v) is 14.7. The molecule has 0 saturated carbocycles. The van der Waals surface area contributed by atoms with E-state index in [1.807, 2.05) is 0 Å². The highest BCUT2D eigenvalue weighted by Crippen LogP contribution is 2.18. The first kappa shape index (κ1) is 16.8. The van der Waals surface area contributed by atoms with Crippen LogP contribution in [0.3, 0.4) is 0 Å². The van der Waals surface area contributed by atoms with Crippen molar-refractivity contribution in [2.24, 2.45) is 0 Å². The van der Waals surface area contributed by atoms with Crippen molar-refractivity contribution in [3.8, 4) is 0 Å². The maximum atomic E-state index is 12.5. The molecule has 0 aromatic carbocycles. The molecule has 130 valence electrons. The van der Waals surface area contributed by atoms with Gasteiger partial charge in [0.1, 0.15) is 4.90 Å². The second-order valence-electron chi connectivity index (χ2n) is 5.98. The second-order valence-corrected chi connectivity index (χ2v) is 7.69. The van der Waals surface area contributed by atoms with Crippen LogP contribution in [0.4, 0.5) is 5.95 Å². The fraction of sp³-hybridized carbons (Fsp3) is 0.533. The van der Waals surface area contributed by atoms with Gasteiger partial charge in [0.05, 0.1) is 23.6 Å². The Bertz CT molecular complexity index is 792. The molecule has 0 unspecified atom stereocenters. The fourth-order valence-electron chi connectivity index (χ4n) is 2.91. The summed E-state index contributed by atoms with van der Waals surface area (Å²) in [5.41, 5.74) is 1.63. The lowest BCUT2D eigenvalue weighted by Gasteiger charge is -2.26. The minimum absolute atomic E-state index is 0.121. The Labute approximate surface area is 141 Å². The monoisotopic (exact) mass is 350 g/mol. The summed E-state index contributed by atoms with van der Waals surface area (Å²) in [4.78, 5) is 11.1. The predicted octanol–water partition coefficient (Wildman–Crippen LogP) is 1.29. The Balaban J connectivity index is 1.72. The van der Waals surface area contributed by atoms with Gasteiger partial charge in [-0.1, -0.05) is 0 Å². The lowest BCUT2D eigenvalue weighted by molar-refractivity contribution is 0.565. The third kappa shape index (κ3) is 3.57. The smallest absolute Gasteiger partial charge is 0.244 e. The van der Waals surface area contributed by atoms with Crippen LogP contribution in [0.25, 0.3) is 0 Å². The lowest BCUT2D eigenvalue weighted by atomic mass is 10.1. The molecule has 0 bridgehead atoms. The Kier molecular flexibility index (Phi) is 4.81. The molecule has 3 rings (SSSR count). The Morgan fingerprint density at radius 3 is 2.67 bits per heavy atom. The molecule has 1 aliphatic heterocycles. The topological polar surface area (TPSA) is 104 Å². The highest BCUT2D eigenvalue weighted by atomic mass is 32.2. The first-order chi connectivity index (χ1) is 11.5. The number of aromatic amines is 1. The molecule has 3 heterocycles. The maximum absolute atomic E-state index is 12.5. The number of H-pyrrole nitrogens is 1. The molecule has 1 saturated heterocycles. The van der Waals surface area contributed by atoms with Crippen molar-refractivity contribution < 1.29 is 8.42 Å². The van der Waals surface area contributed by atoms with Gasteiger partial charge in [-0.05, 0) is 39.2 Å². The van der Waals surface area contributed by atoms with E-state index in [4.69, 9.17) is 0 Å². The Morgan fingerprint density at radius 2 is 2.00 bits per heavy atom. The van der Waals surface area contributed by atoms with Crippen LogP contribution < -0.4 is 9.62 Å². The number of nitrogens with one attached hydrogen (secondary N) is 2. The van der Waals surface area contributed by atoms with Crippen molar-refractivity contribution in [3.63, 3.8) is 0 Å². The minimum Gasteiger partial charge on any atom is -0.341 e. The van der Waals surface area contributed by atoms with Crippen molar-refractivity contribution >= 4 is 16.0 Å². The minimum atomic E-state index is -3.63. The number of rotatable bonds is 5. The number of anilines is 1. The van der Waals surface area contributed by atoms with Gasteiger partial charge in [0.25, 0.3) is 0 Å². The number of sulfonamides is 1. The molecule has 9 heteroatoms. The van der Waals surface area contributed by atoms with Gasteiger partial charge in [0, 0.05) is 19.3 Å². The van der Waals surface area contributed by atoms with Crippen molar-refractivity contribution in [3.05, 3.63) is 29.3 Å². The van der Waals surface area contributed by atoms with E-state index in [0.717, 1.165) is 25.9 Å². The largest absolute Gasteiger partial charge is 0.341 e. The molecule has 1 fully saturated rings. The fourth-order valence-corrected chi connectivity index (χ4v) is 4.27. The Morgan fingerprint density at radius 1 is 1.25 bits per heavy atom. The van der Waals surface area contributed by atoms with Crippen LogP contribution in [0.1, 0.15) is 36.3 Å². The van der Waals surface area contributed by atoms with E-state index in [0.29, 0.717) is 23.0 Å². The lowest BCUT2D eigenvalue weighted by Crippen LogP contribution is -2.31. The van der Waals surface area contributed by atoms with Gasteiger partial charge in [-0.15, -0.1) is 0 Å². The first-order valence-corrected chi connectivity index (χ1v) is 9.54. The van der Waals surface area contributed by atoms with Crippen LogP contribution in [0.15, 0.2) is 17.2 Å². The summed E-state index contributed by atoms with van der Waals surface area (Å²) in [6.07, 6.45) is 5.19. The summed E-state index contributed by atoms with van der Waals surface area (Å²) in [5.74, 6) is 0.669. The van der Waals surface area contributed by atoms with Crippen molar-refractivity contribution in [1.29, 1.82) is 0 Å². The average molecular weight is 350 g/mol. The van der Waals surface area contributed by atoms with Gasteiger partial charge < -0.3 is 4.90 Å². The van der Waals surface area contributed by atoms with Crippen LogP contribution in [0.5, 0.6) is 0 Å². The van der Waals surface area contributed by atoms with Gasteiger partial charge >= 0.3 is 0 Å². The molecular formula is C15H22N6O2S. The molecule has 0 radical (unpaired) electrons. The van der Waals surface area contributed by atoms with Gasteiger partial charge in [-0.3, -0.25) is 5.10 Å². The predicted molar refractivity (Wildman–Crippen MR) is 90.2 cm³/mol. The normalized spacial score (nSPS) is 15.7. The van der Waals surface area contributed by atoms with Gasteiger partial charge in [0.15, 0.2) is 0 Å². The molecule has 2 N–H and O–H groups in total. The zero-order chi connectivity index (χ0) is 17.2. The number of nitrogens with zero attached hydrogens (tertiary/aromatic N) is 4. The van der Waals surface area contributed by atoms with E-state index in [1.54, 1.807) is 26.1 Å². The van der Waals surface area contributed by atoms with Crippen molar-refractivity contribution in [2.75, 3.05) is 18.0 Å². The highest BCUT2D eigenvalue weighted by molar-refractivity contribution is 7.89. The number of piperidine rings is 1. The third-order valence-electron chi connectivity index (χ3n) is 4.11. The van der Waals surface area contributed by atoms with Crippen LogP contribution in [-0.2, 0) is 16.6 Å². The summed E-state index contributed by atoms with van der Waals surface area (Å²) in [7, 11) is -3.63. The molecule has 0 spiro atoms. The summed E-state index contributed by atoms with van der Waals surface area (Å²) in [5, 5.41) is 6.63. The number of aromatic nitrogens is 4. The maximum Gasteiger partial charge on any atom is 0.244 e. The van der Waals surface area contributed by atoms with E-state index in [-0.39, 0.29) is 11.4 Å². The Hall–Kier alpha value is -2.00. The summed E-state index contributed by atoms with van der Waals surface area (Å²) >= 11 is 0. The molecule has 0 amide bonds. The van der Waals surface area contributed by atoms with E-state index < -0.39 is 10.0 Å². The molecule has 0 atom stereocenters. The van der Waals surface area contributed by atoms with Crippen LogP contribution in [-0.4, -0.2) is 41.7 Å². The van der Waals surface area contributed by atoms with Gasteiger partial charge in [0.2, 0.25) is 16.0 Å². The van der Waals surface area contributed by atoms with Crippen LogP contribution >= 0.6 is 0 Å². The number of hydrogen-bond donors (Lipinski definition) is 2. The third-order valence-corrected chi connectivity index (χ3v) is 5.78. The average Bonchev–Trinajstić information content (AvgIpc) is 2.94. The van der Waals surface area contributed by atoms with E-state index in [1.165, 1.54) is 6.42 Å². The first-order valence-electron chi connectivity index (χ1n) is 8.05. The van der Waals surface area contributed by atoms with E-state index >= 15 is 0 Å². The standard InChI is InChI=1S/C15H22N6O2S/c1-11-14(12(2)20-19-11)24(22,23)17-10-13-6-7-16-15(18-13)21-8-4-3-5-9-21/h6-7,17H,3-5,8-10H2,1-2H3,(H,19,20). The zero-order valence-electron chi connectivity index (χ0n) is 13.9. The SMILES string of the molecule is Cc1n[nH]c(C)c1S(=O)(=O)NCc1ccnc(N2CCCCC2)n1. The molecule has 8 nitrogen and oxygen atoms in total. The summed E-state index contributed by atoms with van der Waals surface area (Å²) in [6.45, 7) is 5.37. The van der Waals surface area contributed by atoms with Crippen LogP contribution in [0.2, 0.25) is 0 Å². The van der Waals surface area contributed by atoms with Crippen molar-refractivity contribution in [1.82, 2.24) is 24.9 Å². The quantitative estimate of drug-likeness (QED) is 0.842. The molecule has 2 aromatic rings. The van der Waals surface area contributed by atoms with Crippen LogP contribution in [0, 0.1) is 13.8 Å². The molecule has 24 heavy (non-hydrogen) atoms. The molecule has 0 aliphatic carbocycles. The number of hydrogen-bond acceptors (Lipinski definition) is 6. The van der Waals surface area contributed by atoms with Crippen molar-refractivity contribution in [2.45, 2.75) is 44.6 Å². The number of aryl methyl sites for hydroxylation is 2. The highest BCUT2D eigenvalue weighted by Gasteiger charge is 2.22. The van der Waals surface area contributed by atoms with E-state index in [2.05, 4.69) is 29.8 Å². The molecular weight excluding hydrogens is 328 g/mol. The molecule has 1 aliphatic rings. The second kappa shape index (κ2) is 6.86. The summed E-state index contributed by atoms with van der Waals surface area (Å²) in [6, 6.07) is 1.73. The van der Waals surface area contributed by atoms with Gasteiger partial charge in [-0.2, -0.15) is 5.10 Å². The molecule has 2 aromatic heterocycles. The summed E-state index contributed by atoms with van der Waals surface area (Å²) < 4.78 is 27.5.